The summed E-state index contributed by atoms with van der Waals surface area (Å²) >= 11 is 0. The normalized spacial score (nSPS) is 20.2. The van der Waals surface area contributed by atoms with Crippen LogP contribution in [0, 0.1) is 20.8 Å². The van der Waals surface area contributed by atoms with Crippen LogP contribution in [0.3, 0.4) is 0 Å². The van der Waals surface area contributed by atoms with E-state index in [9.17, 15) is 36.3 Å². The van der Waals surface area contributed by atoms with Crippen molar-refractivity contribution in [3.05, 3.63) is 69.1 Å². The minimum Gasteiger partial charge on any atom is -0.406 e. The van der Waals surface area contributed by atoms with Crippen molar-refractivity contribution in [1.29, 1.82) is 0 Å². The third-order valence-corrected chi connectivity index (χ3v) is 10.5. The lowest BCUT2D eigenvalue weighted by Crippen LogP contribution is -2.50. The number of piperidine rings is 2. The maximum atomic E-state index is 13.3. The summed E-state index contributed by atoms with van der Waals surface area (Å²) in [5.74, 6) is -0.663. The predicted molar refractivity (Wildman–Crippen MR) is 166 cm³/mol. The number of likely N-dealkylation sites (tertiary alicyclic amines) is 1. The van der Waals surface area contributed by atoms with E-state index in [0.717, 1.165) is 22.6 Å². The van der Waals surface area contributed by atoms with E-state index in [1.807, 2.05) is 13.8 Å². The number of nitrogens with zero attached hydrogens (tertiary/aromatic N) is 3. The van der Waals surface area contributed by atoms with Crippen LogP contribution >= 0.6 is 0 Å². The van der Waals surface area contributed by atoms with E-state index in [1.165, 1.54) is 29.4 Å². The molecule has 2 aromatic carbocycles. The Morgan fingerprint density at radius 2 is 1.61 bits per heavy atom. The number of hydrogen-bond donors (Lipinski definition) is 2. The molecule has 248 valence electrons. The van der Waals surface area contributed by atoms with Crippen molar-refractivity contribution in [2.45, 2.75) is 70.9 Å². The first kappa shape index (κ1) is 33.6. The number of carbonyl (C=O) groups excluding carboxylic acids is 2. The molecule has 3 aliphatic rings. The molecule has 1 spiro atoms. The van der Waals surface area contributed by atoms with Gasteiger partial charge in [0.1, 0.15) is 17.1 Å². The molecular formula is C32H37F3N4O6S. The first-order valence-electron chi connectivity index (χ1n) is 15.0. The summed E-state index contributed by atoms with van der Waals surface area (Å²) in [6, 6.07) is 7.46. The van der Waals surface area contributed by atoms with Gasteiger partial charge < -0.3 is 20.1 Å². The lowest BCUT2D eigenvalue weighted by atomic mass is 9.89. The molecule has 46 heavy (non-hydrogen) atoms. The van der Waals surface area contributed by atoms with Gasteiger partial charge in [-0.2, -0.15) is 4.31 Å². The van der Waals surface area contributed by atoms with Gasteiger partial charge in [-0.1, -0.05) is 0 Å². The molecule has 2 fully saturated rings. The van der Waals surface area contributed by atoms with Crippen LogP contribution in [0.5, 0.6) is 5.75 Å². The van der Waals surface area contributed by atoms with Gasteiger partial charge in [-0.15, -0.1) is 13.2 Å². The highest BCUT2D eigenvalue weighted by Crippen LogP contribution is 2.34. The molecule has 3 aliphatic heterocycles. The van der Waals surface area contributed by atoms with E-state index in [1.54, 1.807) is 24.0 Å². The number of aliphatic imine (C=N–C) groups is 1. The Labute approximate surface area is 266 Å². The van der Waals surface area contributed by atoms with Crippen LogP contribution in [0.2, 0.25) is 0 Å². The van der Waals surface area contributed by atoms with Crippen LogP contribution in [-0.2, 0) is 14.8 Å². The molecule has 0 aliphatic carbocycles. The molecular weight excluding hydrogens is 625 g/mol. The summed E-state index contributed by atoms with van der Waals surface area (Å²) < 4.78 is 69.8. The number of sulfonamides is 1. The molecule has 2 saturated heterocycles. The number of nitrogens with one attached hydrogen (secondary N) is 1. The molecule has 5 rings (SSSR count). The fourth-order valence-corrected chi connectivity index (χ4v) is 7.29. The second kappa shape index (κ2) is 12.1. The van der Waals surface area contributed by atoms with E-state index < -0.39 is 27.5 Å². The third kappa shape index (κ3) is 7.13. The standard InChI is InChI=1S/C32H37F3N4O6S/c1-20-17-24(28(40)38-12-8-30(4,42)9-13-38)18-21(2)25(20)7-16-46(43,44)39-14-10-31(11-15-39)29(41)36-27(37-31)23-5-6-26(22(3)19-23)45-32(33,34)35/h5-7,16-19,42H,8-15H2,1-4H3,(H,36,37,41). The molecule has 0 atom stereocenters. The van der Waals surface area contributed by atoms with Gasteiger partial charge in [-0.25, -0.2) is 8.42 Å². The highest BCUT2D eigenvalue weighted by atomic mass is 32.2. The van der Waals surface area contributed by atoms with E-state index >= 15 is 0 Å². The van der Waals surface area contributed by atoms with Crippen LogP contribution in [0.25, 0.3) is 6.08 Å². The van der Waals surface area contributed by atoms with Gasteiger partial charge in [-0.3, -0.25) is 14.6 Å². The number of amides is 2. The summed E-state index contributed by atoms with van der Waals surface area (Å²) in [4.78, 5) is 32.4. The quantitative estimate of drug-likeness (QED) is 0.477. The fraction of sp³-hybridized carbons (Fsp3) is 0.469. The van der Waals surface area contributed by atoms with Gasteiger partial charge in [0.15, 0.2) is 0 Å². The summed E-state index contributed by atoms with van der Waals surface area (Å²) in [6.45, 7) is 7.86. The number of amidine groups is 1. The lowest BCUT2D eigenvalue weighted by molar-refractivity contribution is -0.274. The van der Waals surface area contributed by atoms with Gasteiger partial charge in [0.2, 0.25) is 10.0 Å². The fourth-order valence-electron chi connectivity index (χ4n) is 6.11. The smallest absolute Gasteiger partial charge is 0.406 e. The zero-order valence-corrected chi connectivity index (χ0v) is 26.9. The number of ether oxygens (including phenoxy) is 1. The van der Waals surface area contributed by atoms with Gasteiger partial charge in [0, 0.05) is 42.7 Å². The second-order valence-electron chi connectivity index (χ2n) is 12.5. The third-order valence-electron chi connectivity index (χ3n) is 8.94. The monoisotopic (exact) mass is 662 g/mol. The molecule has 2 aromatic rings. The maximum absolute atomic E-state index is 13.3. The number of benzene rings is 2. The van der Waals surface area contributed by atoms with E-state index in [4.69, 9.17) is 0 Å². The Morgan fingerprint density at radius 1 is 1.00 bits per heavy atom. The Morgan fingerprint density at radius 3 is 2.17 bits per heavy atom. The van der Waals surface area contributed by atoms with Crippen LogP contribution in [0.15, 0.2) is 40.7 Å². The zero-order chi connectivity index (χ0) is 33.7. The minimum absolute atomic E-state index is 0.0440. The molecule has 0 saturated carbocycles. The molecule has 10 nitrogen and oxygen atoms in total. The summed E-state index contributed by atoms with van der Waals surface area (Å²) in [6.07, 6.45) is -2.05. The Kier molecular flexibility index (Phi) is 8.86. The molecule has 0 radical (unpaired) electrons. The van der Waals surface area contributed by atoms with Crippen molar-refractivity contribution >= 4 is 33.7 Å². The Hall–Kier alpha value is -3.75. The second-order valence-corrected chi connectivity index (χ2v) is 14.4. The molecule has 0 unspecified atom stereocenters. The van der Waals surface area contributed by atoms with Crippen molar-refractivity contribution in [2.24, 2.45) is 4.99 Å². The topological polar surface area (TPSA) is 129 Å². The summed E-state index contributed by atoms with van der Waals surface area (Å²) in [5.41, 5.74) is 1.35. The van der Waals surface area contributed by atoms with E-state index in [2.05, 4.69) is 15.0 Å². The van der Waals surface area contributed by atoms with Crippen LogP contribution in [0.4, 0.5) is 13.2 Å². The van der Waals surface area contributed by atoms with E-state index in [-0.39, 0.29) is 54.9 Å². The van der Waals surface area contributed by atoms with Crippen molar-refractivity contribution in [1.82, 2.24) is 14.5 Å². The van der Waals surface area contributed by atoms with Crippen LogP contribution < -0.4 is 10.1 Å². The van der Waals surface area contributed by atoms with Gasteiger partial charge in [0.25, 0.3) is 11.8 Å². The number of carbonyl (C=O) groups is 2. The molecule has 0 bridgehead atoms. The minimum atomic E-state index is -4.83. The van der Waals surface area contributed by atoms with Crippen molar-refractivity contribution in [3.8, 4) is 5.75 Å². The predicted octanol–water partition coefficient (Wildman–Crippen LogP) is 4.21. The van der Waals surface area contributed by atoms with Crippen LogP contribution in [-0.4, -0.2) is 84.1 Å². The van der Waals surface area contributed by atoms with Gasteiger partial charge in [-0.05, 0) is 112 Å². The lowest BCUT2D eigenvalue weighted by Gasteiger charge is -2.36. The van der Waals surface area contributed by atoms with Crippen molar-refractivity contribution < 1.29 is 41.0 Å². The molecule has 3 heterocycles. The highest BCUT2D eigenvalue weighted by molar-refractivity contribution is 7.92. The zero-order valence-electron chi connectivity index (χ0n) is 26.1. The van der Waals surface area contributed by atoms with Gasteiger partial charge in [0.05, 0.1) is 5.60 Å². The highest BCUT2D eigenvalue weighted by Gasteiger charge is 2.47. The Balaban J connectivity index is 1.25. The number of halogens is 3. The van der Waals surface area contributed by atoms with Crippen LogP contribution in [0.1, 0.15) is 70.8 Å². The molecule has 2 amide bonds. The summed E-state index contributed by atoms with van der Waals surface area (Å²) in [5, 5.41) is 14.0. The van der Waals surface area contributed by atoms with Crippen molar-refractivity contribution in [3.63, 3.8) is 0 Å². The number of alkyl halides is 3. The van der Waals surface area contributed by atoms with Gasteiger partial charge >= 0.3 is 6.36 Å². The first-order chi connectivity index (χ1) is 21.4. The number of aryl methyl sites for hydroxylation is 3. The number of rotatable bonds is 6. The average molecular weight is 663 g/mol. The maximum Gasteiger partial charge on any atom is 0.573 e. The van der Waals surface area contributed by atoms with Crippen molar-refractivity contribution in [2.75, 3.05) is 26.2 Å². The largest absolute Gasteiger partial charge is 0.573 e. The van der Waals surface area contributed by atoms with E-state index in [0.29, 0.717) is 42.6 Å². The molecule has 14 heteroatoms. The molecule has 0 aromatic heterocycles. The number of aliphatic hydroxyl groups is 1. The molecule has 2 N–H and O–H groups in total. The Bertz CT molecular complexity index is 1690. The number of hydrogen-bond acceptors (Lipinski definition) is 7. The first-order valence-corrected chi connectivity index (χ1v) is 16.5. The average Bonchev–Trinajstić information content (AvgIpc) is 3.27. The SMILES string of the molecule is Cc1cc(C2=NC3(CCN(S(=O)(=O)C=Cc4c(C)cc(C(=O)N5CCC(C)(O)CC5)cc4C)CC3)C(=O)N2)ccc1OC(F)(F)F. The summed E-state index contributed by atoms with van der Waals surface area (Å²) in [7, 11) is -3.86.